The Kier molecular flexibility index (Phi) is 10.7. The van der Waals surface area contributed by atoms with Gasteiger partial charge in [-0.05, 0) is 57.2 Å². The number of carbonyl (C=O) groups is 4. The number of carboxylic acids is 1. The highest BCUT2D eigenvalue weighted by Crippen LogP contribution is 2.30. The number of nitrogens with two attached hydrogens (primary N) is 1. The number of carboxylic acid groups (broad SMARTS) is 1. The van der Waals surface area contributed by atoms with Crippen molar-refractivity contribution in [2.45, 2.75) is 77.8 Å². The second-order valence-electron chi connectivity index (χ2n) is 11.8. The predicted molar refractivity (Wildman–Crippen MR) is 157 cm³/mol. The summed E-state index contributed by atoms with van der Waals surface area (Å²) in [4.78, 5) is 54.7. The van der Waals surface area contributed by atoms with E-state index in [1.54, 1.807) is 58.0 Å². The summed E-state index contributed by atoms with van der Waals surface area (Å²) in [5.41, 5.74) is 7.45. The van der Waals surface area contributed by atoms with Crippen LogP contribution in [-0.2, 0) is 19.2 Å². The Morgan fingerprint density at radius 1 is 1.11 bits per heavy atom. The molecular weight excluding hydrogens is 581 g/mol. The molecular formula is C30H39F3N6O5. The van der Waals surface area contributed by atoms with Crippen LogP contribution in [0, 0.1) is 11.3 Å². The summed E-state index contributed by atoms with van der Waals surface area (Å²) < 4.78 is 39.2. The Balaban J connectivity index is 1.68. The Hall–Kier alpha value is -4.04. The first kappa shape index (κ1) is 34.5. The first-order chi connectivity index (χ1) is 20.4. The SMILES string of the molecule is CC(C)C(NC(=O)C(C)(C)/C=C/c1ccc2ccc([C@H](N)C(F)(F)F)nc2c1)C(=O)N[C@@H](C)C(=O)N1CCC[C@@H](C(=O)O)N1. The number of hydrazine groups is 1. The van der Waals surface area contributed by atoms with Crippen molar-refractivity contribution < 1.29 is 37.5 Å². The van der Waals surface area contributed by atoms with Gasteiger partial charge in [0.2, 0.25) is 11.8 Å². The minimum atomic E-state index is -4.63. The van der Waals surface area contributed by atoms with Crippen LogP contribution < -0.4 is 21.8 Å². The number of pyridine rings is 1. The number of amides is 3. The zero-order valence-corrected chi connectivity index (χ0v) is 25.2. The van der Waals surface area contributed by atoms with E-state index in [0.717, 1.165) is 0 Å². The molecule has 3 rings (SSSR count). The minimum Gasteiger partial charge on any atom is -0.480 e. The van der Waals surface area contributed by atoms with Crippen LogP contribution in [-0.4, -0.2) is 69.6 Å². The molecule has 1 saturated heterocycles. The van der Waals surface area contributed by atoms with Crippen LogP contribution in [0.2, 0.25) is 0 Å². The molecule has 4 atom stereocenters. The van der Waals surface area contributed by atoms with E-state index in [9.17, 15) is 37.5 Å². The molecule has 3 amide bonds. The smallest absolute Gasteiger partial charge is 0.409 e. The minimum absolute atomic E-state index is 0.295. The summed E-state index contributed by atoms with van der Waals surface area (Å²) in [5.74, 6) is -2.96. The quantitative estimate of drug-likeness (QED) is 0.270. The Morgan fingerprint density at radius 3 is 2.39 bits per heavy atom. The molecule has 1 aliphatic heterocycles. The normalized spacial score (nSPS) is 18.2. The number of hydrogen-bond donors (Lipinski definition) is 5. The monoisotopic (exact) mass is 620 g/mol. The molecule has 1 aromatic carbocycles. The molecule has 0 bridgehead atoms. The summed E-state index contributed by atoms with van der Waals surface area (Å²) in [6, 6.07) is 2.68. The van der Waals surface area contributed by atoms with Gasteiger partial charge in [-0.25, -0.2) is 5.43 Å². The molecule has 2 heterocycles. The van der Waals surface area contributed by atoms with E-state index < -0.39 is 59.4 Å². The number of fused-ring (bicyclic) bond motifs is 1. The molecule has 0 aliphatic carbocycles. The Bertz CT molecular complexity index is 1430. The van der Waals surface area contributed by atoms with Gasteiger partial charge in [0, 0.05) is 11.9 Å². The average Bonchev–Trinajstić information content (AvgIpc) is 2.96. The van der Waals surface area contributed by atoms with Crippen LogP contribution in [0.5, 0.6) is 0 Å². The van der Waals surface area contributed by atoms with Crippen LogP contribution >= 0.6 is 0 Å². The van der Waals surface area contributed by atoms with E-state index in [0.29, 0.717) is 35.9 Å². The predicted octanol–water partition coefficient (Wildman–Crippen LogP) is 3.06. The molecule has 11 nitrogen and oxygen atoms in total. The van der Waals surface area contributed by atoms with Crippen molar-refractivity contribution in [2.75, 3.05) is 6.54 Å². The number of alkyl halides is 3. The molecule has 0 saturated carbocycles. The molecule has 2 aromatic rings. The van der Waals surface area contributed by atoms with Crippen LogP contribution in [0.4, 0.5) is 13.2 Å². The fourth-order valence-corrected chi connectivity index (χ4v) is 4.56. The third-order valence-corrected chi connectivity index (χ3v) is 7.40. The molecule has 44 heavy (non-hydrogen) atoms. The highest BCUT2D eigenvalue weighted by molar-refractivity contribution is 5.94. The van der Waals surface area contributed by atoms with Gasteiger partial charge in [-0.3, -0.25) is 29.2 Å². The van der Waals surface area contributed by atoms with Gasteiger partial charge in [0.15, 0.2) is 0 Å². The van der Waals surface area contributed by atoms with Crippen molar-refractivity contribution in [3.05, 3.63) is 47.7 Å². The summed E-state index contributed by atoms with van der Waals surface area (Å²) in [7, 11) is 0. The maximum Gasteiger partial charge on any atom is 0.409 e. The summed E-state index contributed by atoms with van der Waals surface area (Å²) in [6.45, 7) is 8.54. The average molecular weight is 621 g/mol. The zero-order valence-electron chi connectivity index (χ0n) is 25.2. The molecule has 1 aliphatic rings. The standard InChI is InChI=1S/C30H39F3N6O5/c1-16(2)23(25(40)35-17(3)26(41)39-14-6-7-21(38-39)27(42)43)37-28(44)29(4,5)13-12-18-8-9-19-10-11-20(36-22(19)15-18)24(34)30(31,32)33/h8-13,15-17,21,23-24,38H,6-7,14,34H2,1-5H3,(H,35,40)(H,37,44)(H,42,43)/b13-12+/t17-,21-,23?,24-/m0/s1. The van der Waals surface area contributed by atoms with E-state index in [1.807, 2.05) is 0 Å². The lowest BCUT2D eigenvalue weighted by molar-refractivity contribution is -0.150. The lowest BCUT2D eigenvalue weighted by Gasteiger charge is -2.34. The van der Waals surface area contributed by atoms with Crippen molar-refractivity contribution in [1.29, 1.82) is 0 Å². The van der Waals surface area contributed by atoms with Gasteiger partial charge in [-0.2, -0.15) is 13.2 Å². The number of hydrogen-bond acceptors (Lipinski definition) is 7. The molecule has 1 unspecified atom stereocenters. The number of nitrogens with zero attached hydrogens (tertiary/aromatic N) is 2. The van der Waals surface area contributed by atoms with Crippen LogP contribution in [0.25, 0.3) is 17.0 Å². The van der Waals surface area contributed by atoms with Crippen molar-refractivity contribution in [3.63, 3.8) is 0 Å². The van der Waals surface area contributed by atoms with Crippen molar-refractivity contribution in [2.24, 2.45) is 17.1 Å². The zero-order chi connectivity index (χ0) is 33.0. The summed E-state index contributed by atoms with van der Waals surface area (Å²) in [6.07, 6.45) is -0.521. The van der Waals surface area contributed by atoms with Gasteiger partial charge >= 0.3 is 12.1 Å². The lowest BCUT2D eigenvalue weighted by Crippen LogP contribution is -2.61. The van der Waals surface area contributed by atoms with E-state index in [2.05, 4.69) is 21.0 Å². The molecule has 240 valence electrons. The lowest BCUT2D eigenvalue weighted by atomic mass is 9.89. The van der Waals surface area contributed by atoms with Crippen molar-refractivity contribution in [1.82, 2.24) is 26.1 Å². The fourth-order valence-electron chi connectivity index (χ4n) is 4.56. The Labute approximate surface area is 253 Å². The number of rotatable bonds is 10. The van der Waals surface area contributed by atoms with Gasteiger partial charge in [-0.15, -0.1) is 0 Å². The first-order valence-corrected chi connectivity index (χ1v) is 14.2. The molecule has 14 heteroatoms. The van der Waals surface area contributed by atoms with Gasteiger partial charge < -0.3 is 21.5 Å². The first-order valence-electron chi connectivity index (χ1n) is 14.2. The van der Waals surface area contributed by atoms with Gasteiger partial charge in [-0.1, -0.05) is 44.2 Å². The highest BCUT2D eigenvalue weighted by Gasteiger charge is 2.39. The number of nitrogens with one attached hydrogen (secondary N) is 3. The second kappa shape index (κ2) is 13.7. The van der Waals surface area contributed by atoms with Gasteiger partial charge in [0.25, 0.3) is 5.91 Å². The number of aromatic nitrogens is 1. The molecule has 6 N–H and O–H groups in total. The molecule has 1 fully saturated rings. The van der Waals surface area contributed by atoms with Gasteiger partial charge in [0.1, 0.15) is 24.2 Å². The maximum absolute atomic E-state index is 13.3. The fraction of sp³-hybridized carbons (Fsp3) is 0.500. The van der Waals surface area contributed by atoms with Gasteiger partial charge in [0.05, 0.1) is 16.6 Å². The largest absolute Gasteiger partial charge is 0.480 e. The number of benzene rings is 1. The summed E-state index contributed by atoms with van der Waals surface area (Å²) >= 11 is 0. The maximum atomic E-state index is 13.3. The summed E-state index contributed by atoms with van der Waals surface area (Å²) in [5, 5.41) is 16.4. The van der Waals surface area contributed by atoms with Crippen LogP contribution in [0.15, 0.2) is 36.4 Å². The molecule has 0 spiro atoms. The second-order valence-corrected chi connectivity index (χ2v) is 11.8. The van der Waals surface area contributed by atoms with E-state index in [4.69, 9.17) is 5.73 Å². The molecule has 0 radical (unpaired) electrons. The van der Waals surface area contributed by atoms with Crippen molar-refractivity contribution >= 4 is 40.7 Å². The highest BCUT2D eigenvalue weighted by atomic mass is 19.4. The topological polar surface area (TPSA) is 167 Å². The number of halogens is 3. The third-order valence-electron chi connectivity index (χ3n) is 7.40. The van der Waals surface area contributed by atoms with Crippen molar-refractivity contribution in [3.8, 4) is 0 Å². The van der Waals surface area contributed by atoms with E-state index >= 15 is 0 Å². The Morgan fingerprint density at radius 2 is 1.77 bits per heavy atom. The third kappa shape index (κ3) is 8.53. The number of aliphatic carboxylic acids is 1. The number of carbonyl (C=O) groups excluding carboxylic acids is 3. The van der Waals surface area contributed by atoms with Crippen LogP contribution in [0.1, 0.15) is 64.8 Å². The van der Waals surface area contributed by atoms with E-state index in [1.165, 1.54) is 24.1 Å². The van der Waals surface area contributed by atoms with Crippen LogP contribution in [0.3, 0.4) is 0 Å². The van der Waals surface area contributed by atoms with E-state index in [-0.39, 0.29) is 11.6 Å². The molecule has 1 aromatic heterocycles.